The Labute approximate surface area is 178 Å². The SMILES string of the molecule is O=C(O)c1ccc([N+](=O)[O-])cc1Oc1cccc(Oc2cc([N+](=O)[O-])ccc2C(=O)O)c1. The van der Waals surface area contributed by atoms with E-state index in [0.717, 1.165) is 36.4 Å². The van der Waals surface area contributed by atoms with E-state index in [1.807, 2.05) is 0 Å². The molecule has 0 aliphatic rings. The van der Waals surface area contributed by atoms with Gasteiger partial charge in [0.25, 0.3) is 11.4 Å². The van der Waals surface area contributed by atoms with Crippen molar-refractivity contribution in [2.24, 2.45) is 0 Å². The second-order valence-electron chi connectivity index (χ2n) is 6.16. The third-order valence-corrected chi connectivity index (χ3v) is 4.07. The lowest BCUT2D eigenvalue weighted by Crippen LogP contribution is -2.02. The minimum absolute atomic E-state index is 0.0211. The molecule has 0 atom stereocenters. The molecule has 0 amide bonds. The third-order valence-electron chi connectivity index (χ3n) is 4.07. The first-order valence-electron chi connectivity index (χ1n) is 8.65. The van der Waals surface area contributed by atoms with Gasteiger partial charge in [-0.05, 0) is 24.3 Å². The summed E-state index contributed by atoms with van der Waals surface area (Å²) >= 11 is 0. The highest BCUT2D eigenvalue weighted by Crippen LogP contribution is 2.34. The van der Waals surface area contributed by atoms with Crippen molar-refractivity contribution >= 4 is 23.3 Å². The summed E-state index contributed by atoms with van der Waals surface area (Å²) < 4.78 is 11.0. The number of hydrogen-bond donors (Lipinski definition) is 2. The van der Waals surface area contributed by atoms with Crippen LogP contribution in [0, 0.1) is 20.2 Å². The second-order valence-corrected chi connectivity index (χ2v) is 6.16. The van der Waals surface area contributed by atoms with Crippen molar-refractivity contribution in [3.8, 4) is 23.0 Å². The summed E-state index contributed by atoms with van der Waals surface area (Å²) in [6.45, 7) is 0. The van der Waals surface area contributed by atoms with E-state index in [0.29, 0.717) is 0 Å². The van der Waals surface area contributed by atoms with Gasteiger partial charge in [0.2, 0.25) is 0 Å². The maximum absolute atomic E-state index is 11.4. The summed E-state index contributed by atoms with van der Waals surface area (Å²) in [6.07, 6.45) is 0. The minimum atomic E-state index is -1.37. The summed E-state index contributed by atoms with van der Waals surface area (Å²) in [4.78, 5) is 43.4. The molecule has 0 radical (unpaired) electrons. The Morgan fingerprint density at radius 2 is 1.09 bits per heavy atom. The molecule has 2 N–H and O–H groups in total. The van der Waals surface area contributed by atoms with E-state index in [1.54, 1.807) is 0 Å². The largest absolute Gasteiger partial charge is 0.478 e. The van der Waals surface area contributed by atoms with Crippen molar-refractivity contribution in [2.75, 3.05) is 0 Å². The van der Waals surface area contributed by atoms with Crippen LogP contribution in [0.15, 0.2) is 60.7 Å². The molecular weight excluding hydrogens is 428 g/mol. The smallest absolute Gasteiger partial charge is 0.339 e. The highest BCUT2D eigenvalue weighted by Gasteiger charge is 2.19. The Morgan fingerprint density at radius 1 is 0.688 bits per heavy atom. The Kier molecular flexibility index (Phi) is 5.96. The van der Waals surface area contributed by atoms with Gasteiger partial charge in [-0.1, -0.05) is 6.07 Å². The van der Waals surface area contributed by atoms with E-state index >= 15 is 0 Å². The molecule has 3 rings (SSSR count). The first kappa shape index (κ1) is 21.7. The average Bonchev–Trinajstić information content (AvgIpc) is 2.73. The van der Waals surface area contributed by atoms with Crippen molar-refractivity contribution in [2.45, 2.75) is 0 Å². The van der Waals surface area contributed by atoms with Crippen LogP contribution in [0.3, 0.4) is 0 Å². The lowest BCUT2D eigenvalue weighted by molar-refractivity contribution is -0.385. The molecule has 12 nitrogen and oxygen atoms in total. The highest BCUT2D eigenvalue weighted by atomic mass is 16.6. The molecule has 0 aliphatic carbocycles. The number of rotatable bonds is 8. The molecule has 162 valence electrons. The van der Waals surface area contributed by atoms with Gasteiger partial charge in [0.1, 0.15) is 34.1 Å². The summed E-state index contributed by atoms with van der Waals surface area (Å²) in [6, 6.07) is 11.5. The Hall–Kier alpha value is -5.00. The van der Waals surface area contributed by atoms with Gasteiger partial charge in [-0.25, -0.2) is 9.59 Å². The maximum Gasteiger partial charge on any atom is 0.339 e. The van der Waals surface area contributed by atoms with Crippen LogP contribution in [0.2, 0.25) is 0 Å². The number of ether oxygens (including phenoxy) is 2. The predicted octanol–water partition coefficient (Wildman–Crippen LogP) is 4.48. The quantitative estimate of drug-likeness (QED) is 0.374. The van der Waals surface area contributed by atoms with Gasteiger partial charge in [-0.3, -0.25) is 20.2 Å². The van der Waals surface area contributed by atoms with Crippen molar-refractivity contribution in [1.29, 1.82) is 0 Å². The van der Waals surface area contributed by atoms with Crippen LogP contribution in [-0.2, 0) is 0 Å². The van der Waals surface area contributed by atoms with Crippen molar-refractivity contribution in [3.63, 3.8) is 0 Å². The molecule has 0 aliphatic heterocycles. The molecule has 3 aromatic rings. The molecule has 0 aromatic heterocycles. The predicted molar refractivity (Wildman–Crippen MR) is 107 cm³/mol. The number of hydrogen-bond acceptors (Lipinski definition) is 8. The van der Waals surface area contributed by atoms with Gasteiger partial charge in [0, 0.05) is 18.2 Å². The molecule has 0 unspecified atom stereocenters. The lowest BCUT2D eigenvalue weighted by Gasteiger charge is -2.12. The first-order chi connectivity index (χ1) is 15.2. The average molecular weight is 440 g/mol. The van der Waals surface area contributed by atoms with E-state index in [2.05, 4.69) is 0 Å². The molecule has 0 saturated heterocycles. The molecule has 0 saturated carbocycles. The molecule has 0 heterocycles. The number of non-ortho nitro benzene ring substituents is 2. The zero-order valence-electron chi connectivity index (χ0n) is 15.8. The normalized spacial score (nSPS) is 10.2. The van der Waals surface area contributed by atoms with Crippen LogP contribution < -0.4 is 9.47 Å². The summed E-state index contributed by atoms with van der Waals surface area (Å²) in [5.74, 6) is -3.30. The lowest BCUT2D eigenvalue weighted by atomic mass is 10.2. The summed E-state index contributed by atoms with van der Waals surface area (Å²) in [5.41, 5.74) is -1.43. The highest BCUT2D eigenvalue weighted by molar-refractivity contribution is 5.92. The number of nitro benzene ring substituents is 2. The number of nitrogens with zero attached hydrogens (tertiary/aromatic N) is 2. The molecular formula is C20H12N2O10. The first-order valence-corrected chi connectivity index (χ1v) is 8.65. The van der Waals surface area contributed by atoms with E-state index in [4.69, 9.17) is 9.47 Å². The van der Waals surface area contributed by atoms with Gasteiger partial charge in [-0.2, -0.15) is 0 Å². The van der Waals surface area contributed by atoms with Crippen LogP contribution in [0.5, 0.6) is 23.0 Å². The van der Waals surface area contributed by atoms with E-state index < -0.39 is 21.8 Å². The summed E-state index contributed by atoms with van der Waals surface area (Å²) in [5, 5.41) is 40.6. The molecule has 0 bridgehead atoms. The van der Waals surface area contributed by atoms with E-state index in [-0.39, 0.29) is 45.5 Å². The minimum Gasteiger partial charge on any atom is -0.478 e. The second kappa shape index (κ2) is 8.79. The Morgan fingerprint density at radius 3 is 1.44 bits per heavy atom. The molecule has 32 heavy (non-hydrogen) atoms. The van der Waals surface area contributed by atoms with E-state index in [1.165, 1.54) is 24.3 Å². The number of carbonyl (C=O) groups is 2. The Bertz CT molecular complexity index is 1160. The number of carboxylic acids is 2. The number of nitro groups is 2. The topological polar surface area (TPSA) is 179 Å². The van der Waals surface area contributed by atoms with E-state index in [9.17, 15) is 40.0 Å². The monoisotopic (exact) mass is 440 g/mol. The van der Waals surface area contributed by atoms with Crippen LogP contribution in [-0.4, -0.2) is 32.0 Å². The third kappa shape index (κ3) is 4.76. The Balaban J connectivity index is 1.96. The van der Waals surface area contributed by atoms with Gasteiger partial charge in [0.15, 0.2) is 0 Å². The fourth-order valence-electron chi connectivity index (χ4n) is 2.63. The van der Waals surface area contributed by atoms with Crippen LogP contribution in [0.4, 0.5) is 11.4 Å². The van der Waals surface area contributed by atoms with Gasteiger partial charge < -0.3 is 19.7 Å². The van der Waals surface area contributed by atoms with Crippen molar-refractivity contribution < 1.29 is 39.1 Å². The molecule has 0 spiro atoms. The molecule has 0 fully saturated rings. The zero-order chi connectivity index (χ0) is 23.4. The van der Waals surface area contributed by atoms with Crippen LogP contribution >= 0.6 is 0 Å². The van der Waals surface area contributed by atoms with Gasteiger partial charge in [0.05, 0.1) is 22.0 Å². The van der Waals surface area contributed by atoms with Crippen LogP contribution in [0.25, 0.3) is 0 Å². The van der Waals surface area contributed by atoms with Gasteiger partial charge in [-0.15, -0.1) is 0 Å². The number of aromatic carboxylic acids is 2. The maximum atomic E-state index is 11.4. The number of carboxylic acid groups (broad SMARTS) is 2. The fraction of sp³-hybridized carbons (Fsp3) is 0. The van der Waals surface area contributed by atoms with Crippen molar-refractivity contribution in [1.82, 2.24) is 0 Å². The fourth-order valence-corrected chi connectivity index (χ4v) is 2.63. The van der Waals surface area contributed by atoms with Crippen LogP contribution in [0.1, 0.15) is 20.7 Å². The number of benzene rings is 3. The zero-order valence-corrected chi connectivity index (χ0v) is 15.8. The van der Waals surface area contributed by atoms with Crippen molar-refractivity contribution in [3.05, 3.63) is 92.0 Å². The van der Waals surface area contributed by atoms with Gasteiger partial charge >= 0.3 is 11.9 Å². The standard InChI is InChI=1S/C20H12N2O10/c23-19(24)15-6-4-11(21(27)28)8-17(15)31-13-2-1-3-14(10-13)32-18-9-12(22(29)30)5-7-16(18)20(25)26/h1-10H,(H,23,24)(H,25,26). The molecule has 3 aromatic carbocycles. The summed E-state index contributed by atoms with van der Waals surface area (Å²) in [7, 11) is 0. The molecule has 12 heteroatoms.